The van der Waals surface area contributed by atoms with Crippen LogP contribution in [0.25, 0.3) is 10.9 Å². The lowest BCUT2D eigenvalue weighted by atomic mass is 10.0. The predicted octanol–water partition coefficient (Wildman–Crippen LogP) is 2.98. The molecule has 0 aliphatic heterocycles. The number of aromatic carboxylic acids is 1. The predicted molar refractivity (Wildman–Crippen MR) is 79.3 cm³/mol. The summed E-state index contributed by atoms with van der Waals surface area (Å²) < 4.78 is 2.18. The van der Waals surface area contributed by atoms with Gasteiger partial charge in [0.05, 0.1) is 5.56 Å². The van der Waals surface area contributed by atoms with Gasteiger partial charge in [-0.25, -0.2) is 4.79 Å². The Morgan fingerprint density at radius 3 is 2.70 bits per heavy atom. The Kier molecular flexibility index (Phi) is 4.45. The molecule has 2 aromatic rings. The average Bonchev–Trinajstić information content (AvgIpc) is 2.69. The summed E-state index contributed by atoms with van der Waals surface area (Å²) >= 11 is 0. The van der Waals surface area contributed by atoms with E-state index >= 15 is 0 Å². The van der Waals surface area contributed by atoms with Crippen LogP contribution in [-0.4, -0.2) is 27.4 Å². The first-order valence-electron chi connectivity index (χ1n) is 7.06. The number of hydrogen-bond donors (Lipinski definition) is 2. The molecular weight excluding hydrogens is 254 g/mol. The molecule has 0 saturated carbocycles. The number of aliphatic hydroxyl groups is 1. The number of nitrogens with zero attached hydrogens (tertiary/aromatic N) is 1. The van der Waals surface area contributed by atoms with E-state index in [2.05, 4.69) is 18.4 Å². The highest BCUT2D eigenvalue weighted by Gasteiger charge is 2.15. The standard InChI is InChI=1S/C16H21NO3/c1-3-5-13-11(2)17(8-4-9-18)15-7-6-12(16(19)20)10-14(13)15/h6-7,10,18H,3-5,8-9H2,1-2H3,(H,19,20). The molecule has 4 heteroatoms. The Bertz CT molecular complexity index is 628. The number of aryl methyl sites for hydroxylation is 2. The monoisotopic (exact) mass is 275 g/mol. The summed E-state index contributed by atoms with van der Waals surface area (Å²) in [5.74, 6) is -0.893. The Morgan fingerprint density at radius 2 is 2.10 bits per heavy atom. The van der Waals surface area contributed by atoms with Gasteiger partial charge in [-0.2, -0.15) is 0 Å². The molecule has 2 N–H and O–H groups in total. The van der Waals surface area contributed by atoms with Gasteiger partial charge in [0, 0.05) is 29.7 Å². The zero-order valence-electron chi connectivity index (χ0n) is 12.0. The largest absolute Gasteiger partial charge is 0.478 e. The third-order valence-corrected chi connectivity index (χ3v) is 3.74. The molecular formula is C16H21NO3. The lowest BCUT2D eigenvalue weighted by Crippen LogP contribution is -2.02. The van der Waals surface area contributed by atoms with E-state index in [1.165, 1.54) is 11.3 Å². The highest BCUT2D eigenvalue weighted by molar-refractivity contribution is 5.95. The van der Waals surface area contributed by atoms with Gasteiger partial charge in [-0.1, -0.05) is 13.3 Å². The molecule has 0 amide bonds. The molecule has 0 radical (unpaired) electrons. The number of carboxylic acid groups (broad SMARTS) is 1. The Hall–Kier alpha value is -1.81. The highest BCUT2D eigenvalue weighted by Crippen LogP contribution is 2.28. The minimum atomic E-state index is -0.893. The van der Waals surface area contributed by atoms with Crippen LogP contribution in [0.2, 0.25) is 0 Å². The molecule has 0 atom stereocenters. The van der Waals surface area contributed by atoms with Crippen molar-refractivity contribution in [1.29, 1.82) is 0 Å². The van der Waals surface area contributed by atoms with Crippen LogP contribution in [-0.2, 0) is 13.0 Å². The summed E-state index contributed by atoms with van der Waals surface area (Å²) in [6.07, 6.45) is 2.67. The summed E-state index contributed by atoms with van der Waals surface area (Å²) in [4.78, 5) is 11.1. The van der Waals surface area contributed by atoms with E-state index < -0.39 is 5.97 Å². The van der Waals surface area contributed by atoms with E-state index in [9.17, 15) is 4.79 Å². The van der Waals surface area contributed by atoms with Gasteiger partial charge in [0.15, 0.2) is 0 Å². The van der Waals surface area contributed by atoms with Crippen LogP contribution in [0, 0.1) is 6.92 Å². The van der Waals surface area contributed by atoms with E-state index in [0.717, 1.165) is 30.3 Å². The first-order valence-corrected chi connectivity index (χ1v) is 7.06. The molecule has 0 aliphatic carbocycles. The van der Waals surface area contributed by atoms with Crippen molar-refractivity contribution in [3.8, 4) is 0 Å². The van der Waals surface area contributed by atoms with Crippen molar-refractivity contribution >= 4 is 16.9 Å². The zero-order chi connectivity index (χ0) is 14.7. The first kappa shape index (κ1) is 14.6. The van der Waals surface area contributed by atoms with Crippen LogP contribution < -0.4 is 0 Å². The quantitative estimate of drug-likeness (QED) is 0.852. The molecule has 0 saturated heterocycles. The number of aromatic nitrogens is 1. The number of carbonyl (C=O) groups is 1. The van der Waals surface area contributed by atoms with Gasteiger partial charge < -0.3 is 14.8 Å². The van der Waals surface area contributed by atoms with E-state index in [0.29, 0.717) is 12.0 Å². The molecule has 108 valence electrons. The Balaban J connectivity index is 2.62. The lowest BCUT2D eigenvalue weighted by Gasteiger charge is -2.07. The van der Waals surface area contributed by atoms with Crippen molar-refractivity contribution in [2.75, 3.05) is 6.61 Å². The van der Waals surface area contributed by atoms with E-state index in [1.807, 2.05) is 6.07 Å². The molecule has 2 rings (SSSR count). The van der Waals surface area contributed by atoms with E-state index in [-0.39, 0.29) is 6.61 Å². The highest BCUT2D eigenvalue weighted by atomic mass is 16.4. The van der Waals surface area contributed by atoms with E-state index in [4.69, 9.17) is 10.2 Å². The van der Waals surface area contributed by atoms with Crippen molar-refractivity contribution in [1.82, 2.24) is 4.57 Å². The molecule has 1 heterocycles. The summed E-state index contributed by atoms with van der Waals surface area (Å²) in [6, 6.07) is 5.29. The van der Waals surface area contributed by atoms with Gasteiger partial charge in [0.2, 0.25) is 0 Å². The van der Waals surface area contributed by atoms with Gasteiger partial charge in [0.1, 0.15) is 0 Å². The van der Waals surface area contributed by atoms with Crippen molar-refractivity contribution in [2.24, 2.45) is 0 Å². The molecule has 0 spiro atoms. The van der Waals surface area contributed by atoms with Crippen LogP contribution in [0.15, 0.2) is 18.2 Å². The summed E-state index contributed by atoms with van der Waals surface area (Å²) in [7, 11) is 0. The first-order chi connectivity index (χ1) is 9.60. The fourth-order valence-corrected chi connectivity index (χ4v) is 2.77. The molecule has 20 heavy (non-hydrogen) atoms. The number of fused-ring (bicyclic) bond motifs is 1. The molecule has 0 aliphatic rings. The maximum Gasteiger partial charge on any atom is 0.335 e. The van der Waals surface area contributed by atoms with Gasteiger partial charge in [0.25, 0.3) is 0 Å². The second kappa shape index (κ2) is 6.09. The number of carboxylic acids is 1. The number of rotatable bonds is 6. The Morgan fingerprint density at radius 1 is 1.35 bits per heavy atom. The third-order valence-electron chi connectivity index (χ3n) is 3.74. The molecule has 1 aromatic heterocycles. The molecule has 0 unspecified atom stereocenters. The van der Waals surface area contributed by atoms with Gasteiger partial charge >= 0.3 is 5.97 Å². The molecule has 4 nitrogen and oxygen atoms in total. The van der Waals surface area contributed by atoms with Crippen molar-refractivity contribution < 1.29 is 15.0 Å². The second-order valence-corrected chi connectivity index (χ2v) is 5.08. The van der Waals surface area contributed by atoms with Crippen LogP contribution in [0.1, 0.15) is 41.4 Å². The average molecular weight is 275 g/mol. The minimum absolute atomic E-state index is 0.162. The SMILES string of the molecule is CCCc1c(C)n(CCCO)c2ccc(C(=O)O)cc12. The third kappa shape index (κ3) is 2.56. The molecule has 1 aromatic carbocycles. The van der Waals surface area contributed by atoms with Crippen molar-refractivity contribution in [2.45, 2.75) is 39.7 Å². The van der Waals surface area contributed by atoms with Crippen molar-refractivity contribution in [3.63, 3.8) is 0 Å². The molecule has 0 bridgehead atoms. The van der Waals surface area contributed by atoms with Crippen LogP contribution in [0.5, 0.6) is 0 Å². The summed E-state index contributed by atoms with van der Waals surface area (Å²) in [6.45, 7) is 5.12. The number of hydrogen-bond acceptors (Lipinski definition) is 2. The Labute approximate surface area is 118 Å². The summed E-state index contributed by atoms with van der Waals surface area (Å²) in [5.41, 5.74) is 3.79. The second-order valence-electron chi connectivity index (χ2n) is 5.08. The van der Waals surface area contributed by atoms with E-state index in [1.54, 1.807) is 12.1 Å². The van der Waals surface area contributed by atoms with Crippen molar-refractivity contribution in [3.05, 3.63) is 35.0 Å². The fourth-order valence-electron chi connectivity index (χ4n) is 2.77. The normalized spacial score (nSPS) is 11.2. The van der Waals surface area contributed by atoms with Gasteiger partial charge in [-0.05, 0) is 43.5 Å². The topological polar surface area (TPSA) is 62.5 Å². The van der Waals surface area contributed by atoms with Gasteiger partial charge in [-0.15, -0.1) is 0 Å². The summed E-state index contributed by atoms with van der Waals surface area (Å²) in [5, 5.41) is 19.2. The minimum Gasteiger partial charge on any atom is -0.478 e. The lowest BCUT2D eigenvalue weighted by molar-refractivity contribution is 0.0697. The molecule has 0 fully saturated rings. The van der Waals surface area contributed by atoms with Gasteiger partial charge in [-0.3, -0.25) is 0 Å². The number of benzene rings is 1. The maximum absolute atomic E-state index is 11.1. The van der Waals surface area contributed by atoms with Crippen LogP contribution in [0.4, 0.5) is 0 Å². The van der Waals surface area contributed by atoms with Crippen LogP contribution in [0.3, 0.4) is 0 Å². The maximum atomic E-state index is 11.1. The van der Waals surface area contributed by atoms with Crippen LogP contribution >= 0.6 is 0 Å². The fraction of sp³-hybridized carbons (Fsp3) is 0.438. The smallest absolute Gasteiger partial charge is 0.335 e. The number of aliphatic hydroxyl groups excluding tert-OH is 1. The zero-order valence-corrected chi connectivity index (χ0v) is 12.0.